The second kappa shape index (κ2) is 10.6. The quantitative estimate of drug-likeness (QED) is 0.309. The summed E-state index contributed by atoms with van der Waals surface area (Å²) >= 11 is 0. The molecular formula is C23H31N6O4P. The third-order valence-corrected chi connectivity index (χ3v) is 8.15. The topological polar surface area (TPSA) is 134 Å². The summed E-state index contributed by atoms with van der Waals surface area (Å²) in [4.78, 5) is 25.0. The van der Waals surface area contributed by atoms with Crippen LogP contribution >= 0.6 is 7.29 Å². The molecule has 0 saturated heterocycles. The van der Waals surface area contributed by atoms with E-state index in [1.165, 1.54) is 6.33 Å². The van der Waals surface area contributed by atoms with Gasteiger partial charge in [-0.3, -0.25) is 9.88 Å². The third-order valence-electron chi connectivity index (χ3n) is 5.85. The highest BCUT2D eigenvalue weighted by Gasteiger charge is 2.31. The Morgan fingerprint density at radius 2 is 2.00 bits per heavy atom. The van der Waals surface area contributed by atoms with Gasteiger partial charge >= 0.3 is 5.97 Å². The van der Waals surface area contributed by atoms with Crippen LogP contribution in [-0.2, 0) is 31.5 Å². The van der Waals surface area contributed by atoms with Crippen molar-refractivity contribution in [3.63, 3.8) is 0 Å². The number of nitrogen functional groups attached to an aromatic ring is 1. The number of nitrogens with one attached hydrogen (secondary N) is 1. The minimum absolute atomic E-state index is 0.0237. The zero-order valence-corrected chi connectivity index (χ0v) is 20.4. The molecule has 3 N–H and O–H groups in total. The number of carbonyl (C=O) groups excluding carboxylic acids is 1. The van der Waals surface area contributed by atoms with Gasteiger partial charge in [0, 0.05) is 6.16 Å². The molecule has 34 heavy (non-hydrogen) atoms. The van der Waals surface area contributed by atoms with Crippen LogP contribution in [0, 0.1) is 0 Å². The van der Waals surface area contributed by atoms with Crippen LogP contribution in [0.2, 0.25) is 0 Å². The van der Waals surface area contributed by atoms with Gasteiger partial charge in [0.05, 0.1) is 19.0 Å². The normalized spacial score (nSPS) is 17.6. The molecule has 10 nitrogen and oxygen atoms in total. The molecule has 0 aliphatic heterocycles. The largest absolute Gasteiger partial charge is 0.461 e. The number of fused-ring (bicyclic) bond motifs is 1. The fourth-order valence-electron chi connectivity index (χ4n) is 3.78. The van der Waals surface area contributed by atoms with E-state index in [0.717, 1.165) is 24.8 Å². The number of rotatable bonds is 11. The van der Waals surface area contributed by atoms with Crippen LogP contribution in [0.4, 0.5) is 5.82 Å². The van der Waals surface area contributed by atoms with E-state index in [4.69, 9.17) is 15.2 Å². The second-order valence-electron chi connectivity index (χ2n) is 8.81. The lowest BCUT2D eigenvalue weighted by atomic mass is 9.96. The molecule has 1 fully saturated rings. The Morgan fingerprint density at radius 3 is 2.71 bits per heavy atom. The van der Waals surface area contributed by atoms with Crippen molar-refractivity contribution in [2.75, 3.05) is 12.1 Å². The van der Waals surface area contributed by atoms with Gasteiger partial charge < -0.3 is 24.3 Å². The van der Waals surface area contributed by atoms with Crippen molar-refractivity contribution >= 4 is 30.2 Å². The van der Waals surface area contributed by atoms with Gasteiger partial charge in [-0.15, -0.1) is 0 Å². The maximum atomic E-state index is 13.9. The maximum absolute atomic E-state index is 13.9. The number of ether oxygens (including phenoxy) is 2. The maximum Gasteiger partial charge on any atom is 0.323 e. The van der Waals surface area contributed by atoms with Gasteiger partial charge in [0.1, 0.15) is 30.3 Å². The molecule has 2 heterocycles. The van der Waals surface area contributed by atoms with Crippen LogP contribution in [0.5, 0.6) is 0 Å². The number of aromatic nitrogens is 4. The van der Waals surface area contributed by atoms with Crippen LogP contribution in [0.3, 0.4) is 0 Å². The van der Waals surface area contributed by atoms with E-state index in [9.17, 15) is 9.36 Å². The summed E-state index contributed by atoms with van der Waals surface area (Å²) < 4.78 is 27.3. The Kier molecular flexibility index (Phi) is 7.60. The van der Waals surface area contributed by atoms with Gasteiger partial charge in [-0.2, -0.15) is 0 Å². The Bertz CT molecular complexity index is 1170. The molecule has 2 aromatic heterocycles. The number of esters is 1. The minimum Gasteiger partial charge on any atom is -0.461 e. The van der Waals surface area contributed by atoms with E-state index in [2.05, 4.69) is 20.0 Å². The number of anilines is 1. The van der Waals surface area contributed by atoms with Gasteiger partial charge in [0.2, 0.25) is 0 Å². The van der Waals surface area contributed by atoms with Crippen molar-refractivity contribution in [1.29, 1.82) is 0 Å². The molecule has 11 heteroatoms. The zero-order chi connectivity index (χ0) is 24.1. The highest BCUT2D eigenvalue weighted by molar-refractivity contribution is 7.60. The first-order valence-corrected chi connectivity index (χ1v) is 13.5. The average Bonchev–Trinajstić information content (AvgIpc) is 3.19. The lowest BCUT2D eigenvalue weighted by Gasteiger charge is -2.29. The third kappa shape index (κ3) is 6.00. The number of hydrogen-bond acceptors (Lipinski definition) is 8. The monoisotopic (exact) mass is 486 g/mol. The Balaban J connectivity index is 1.42. The van der Waals surface area contributed by atoms with Gasteiger partial charge in [-0.05, 0) is 38.7 Å². The van der Waals surface area contributed by atoms with E-state index in [0.29, 0.717) is 23.5 Å². The van der Waals surface area contributed by atoms with Crippen LogP contribution in [0.25, 0.3) is 11.2 Å². The number of imidazole rings is 1. The van der Waals surface area contributed by atoms with Crippen LogP contribution < -0.4 is 10.8 Å². The molecular weight excluding hydrogens is 455 g/mol. The molecule has 0 radical (unpaired) electrons. The van der Waals surface area contributed by atoms with Crippen molar-refractivity contribution in [2.24, 2.45) is 0 Å². The summed E-state index contributed by atoms with van der Waals surface area (Å²) in [6.07, 6.45) is 5.79. The first kappa shape index (κ1) is 24.3. The van der Waals surface area contributed by atoms with Gasteiger partial charge in [-0.1, -0.05) is 30.3 Å². The zero-order valence-electron chi connectivity index (χ0n) is 19.5. The number of nitrogens with zero attached hydrogens (tertiary/aromatic N) is 4. The fourth-order valence-corrected chi connectivity index (χ4v) is 6.14. The summed E-state index contributed by atoms with van der Waals surface area (Å²) in [5.74, 6) is -0.0650. The Labute approximate surface area is 198 Å². The number of nitrogens with two attached hydrogens (primary N) is 1. The van der Waals surface area contributed by atoms with Gasteiger partial charge in [-0.25, -0.2) is 15.0 Å². The SMILES string of the molecule is C[C@H](Cn1cnc2c(N)ncnc21)OC[P@@](=O)(Cc1ccccc1)N[C@@H](C)C(=O)OC1CCC1. The molecule has 3 atom stereocenters. The molecule has 3 aromatic rings. The van der Waals surface area contributed by atoms with E-state index in [1.807, 2.05) is 41.8 Å². The van der Waals surface area contributed by atoms with Gasteiger partial charge in [0.25, 0.3) is 0 Å². The predicted octanol–water partition coefficient (Wildman–Crippen LogP) is 3.32. The van der Waals surface area contributed by atoms with Crippen molar-refractivity contribution in [3.8, 4) is 0 Å². The average molecular weight is 487 g/mol. The van der Waals surface area contributed by atoms with E-state index in [-0.39, 0.29) is 30.7 Å². The lowest BCUT2D eigenvalue weighted by molar-refractivity contribution is -0.154. The van der Waals surface area contributed by atoms with E-state index >= 15 is 0 Å². The molecule has 1 aromatic carbocycles. The number of carbonyl (C=O) groups is 1. The standard InChI is InChI=1S/C23H31N6O4P/c1-16(11-29-14-27-20-21(24)25-13-26-22(20)29)32-15-34(31,12-18-7-4-3-5-8-18)28-17(2)23(30)33-19-9-6-10-19/h3-5,7-8,13-14,16-17,19H,6,9-12,15H2,1-2H3,(H,28,31)(H2,24,25,26)/t16-,17+,34+/m1/s1. The lowest BCUT2D eigenvalue weighted by Crippen LogP contribution is -2.38. The number of hydrogen-bond donors (Lipinski definition) is 2. The Morgan fingerprint density at radius 1 is 1.24 bits per heavy atom. The molecule has 0 unspecified atom stereocenters. The van der Waals surface area contributed by atoms with E-state index in [1.54, 1.807) is 13.3 Å². The molecule has 0 amide bonds. The molecule has 1 saturated carbocycles. The summed E-state index contributed by atoms with van der Waals surface area (Å²) in [5, 5.41) is 3.05. The predicted molar refractivity (Wildman–Crippen MR) is 129 cm³/mol. The molecule has 1 aliphatic rings. The van der Waals surface area contributed by atoms with Crippen molar-refractivity contribution in [1.82, 2.24) is 24.6 Å². The molecule has 4 rings (SSSR count). The Hall–Kier alpha value is -2.81. The fraction of sp³-hybridized carbons (Fsp3) is 0.478. The van der Waals surface area contributed by atoms with Crippen molar-refractivity contribution < 1.29 is 18.8 Å². The smallest absolute Gasteiger partial charge is 0.323 e. The summed E-state index contributed by atoms with van der Waals surface area (Å²) in [5.41, 5.74) is 7.91. The first-order chi connectivity index (χ1) is 16.3. The highest BCUT2D eigenvalue weighted by Crippen LogP contribution is 2.46. The van der Waals surface area contributed by atoms with Crippen LogP contribution in [0.1, 0.15) is 38.7 Å². The van der Waals surface area contributed by atoms with Gasteiger partial charge in [0.15, 0.2) is 18.8 Å². The van der Waals surface area contributed by atoms with E-state index < -0.39 is 13.3 Å². The van der Waals surface area contributed by atoms with Crippen molar-refractivity contribution in [3.05, 3.63) is 48.5 Å². The number of benzene rings is 1. The van der Waals surface area contributed by atoms with Crippen molar-refractivity contribution in [2.45, 2.75) is 64.1 Å². The van der Waals surface area contributed by atoms with Crippen LogP contribution in [-0.4, -0.2) is 50.1 Å². The second-order valence-corrected chi connectivity index (χ2v) is 11.4. The molecule has 182 valence electrons. The highest BCUT2D eigenvalue weighted by atomic mass is 31.2. The summed E-state index contributed by atoms with van der Waals surface area (Å²) in [6.45, 7) is 4.01. The summed E-state index contributed by atoms with van der Waals surface area (Å²) in [7, 11) is -3.13. The minimum atomic E-state index is -3.13. The molecule has 0 bridgehead atoms. The summed E-state index contributed by atoms with van der Waals surface area (Å²) in [6, 6.07) is 8.83. The van der Waals surface area contributed by atoms with Crippen LogP contribution in [0.15, 0.2) is 43.0 Å². The first-order valence-electron chi connectivity index (χ1n) is 11.5. The molecule has 1 aliphatic carbocycles. The molecule has 0 spiro atoms.